The normalized spacial score (nSPS) is 18.1. The Kier molecular flexibility index (Phi) is 9.62. The van der Waals surface area contributed by atoms with Crippen molar-refractivity contribution in [3.63, 3.8) is 0 Å². The van der Waals surface area contributed by atoms with Crippen molar-refractivity contribution in [3.8, 4) is 0 Å². The Balaban J connectivity index is 1.67. The number of hydrogen-bond acceptors (Lipinski definition) is 3. The SMILES string of the molecule is [B]C(CCCC)(CCCN1CCC(NCc2ccc(Cl)c(Cl)c2)CC1)C(=O)O. The second-order valence-corrected chi connectivity index (χ2v) is 8.73. The molecule has 0 saturated carbocycles. The summed E-state index contributed by atoms with van der Waals surface area (Å²) in [6, 6.07) is 6.23. The topological polar surface area (TPSA) is 52.6 Å². The molecule has 1 unspecified atom stereocenters. The van der Waals surface area contributed by atoms with Gasteiger partial charge in [-0.2, -0.15) is 0 Å². The van der Waals surface area contributed by atoms with Crippen molar-refractivity contribution >= 4 is 37.0 Å². The molecule has 7 heteroatoms. The summed E-state index contributed by atoms with van der Waals surface area (Å²) in [6.45, 7) is 5.81. The van der Waals surface area contributed by atoms with Crippen LogP contribution in [-0.2, 0) is 11.3 Å². The Labute approximate surface area is 180 Å². The van der Waals surface area contributed by atoms with Gasteiger partial charge >= 0.3 is 5.97 Å². The third-order valence-electron chi connectivity index (χ3n) is 5.67. The number of nitrogens with zero attached hydrogens (tertiary/aromatic N) is 1. The van der Waals surface area contributed by atoms with E-state index in [0.717, 1.165) is 63.8 Å². The van der Waals surface area contributed by atoms with Crippen LogP contribution in [0, 0.1) is 0 Å². The number of carboxylic acid groups (broad SMARTS) is 1. The number of rotatable bonds is 11. The molecule has 2 radical (unpaired) electrons. The van der Waals surface area contributed by atoms with Gasteiger partial charge in [-0.1, -0.05) is 49.0 Å². The van der Waals surface area contributed by atoms with Gasteiger partial charge in [0.2, 0.25) is 0 Å². The van der Waals surface area contributed by atoms with E-state index in [-0.39, 0.29) is 0 Å². The van der Waals surface area contributed by atoms with Crippen LogP contribution in [0.1, 0.15) is 57.4 Å². The number of halogens is 2. The van der Waals surface area contributed by atoms with E-state index in [1.807, 2.05) is 18.2 Å². The predicted molar refractivity (Wildman–Crippen MR) is 118 cm³/mol. The molecule has 1 aromatic carbocycles. The van der Waals surface area contributed by atoms with E-state index >= 15 is 0 Å². The fourth-order valence-electron chi connectivity index (χ4n) is 3.72. The molecule has 0 spiro atoms. The third-order valence-corrected chi connectivity index (χ3v) is 6.41. The Morgan fingerprint density at radius 3 is 2.54 bits per heavy atom. The lowest BCUT2D eigenvalue weighted by Gasteiger charge is -2.33. The second kappa shape index (κ2) is 11.4. The standard InChI is InChI=1S/C21H31BCl2N2O2/c1-2-3-9-21(22,20(27)28)10-4-11-26-12-7-17(8-13-26)25-15-16-5-6-18(23)19(24)14-16/h5-6,14,17,25H,2-4,7-13,15H2,1H3,(H,27,28). The molecular formula is C21H31BCl2N2O2. The first-order chi connectivity index (χ1) is 13.3. The molecule has 0 bridgehead atoms. The van der Waals surface area contributed by atoms with Gasteiger partial charge in [0.15, 0.2) is 0 Å². The van der Waals surface area contributed by atoms with Gasteiger partial charge in [0.25, 0.3) is 0 Å². The third kappa shape index (κ3) is 7.25. The molecular weight excluding hydrogens is 394 g/mol. The van der Waals surface area contributed by atoms with Gasteiger partial charge in [0, 0.05) is 17.9 Å². The van der Waals surface area contributed by atoms with Crippen molar-refractivity contribution in [2.45, 2.75) is 69.8 Å². The van der Waals surface area contributed by atoms with Crippen LogP contribution in [-0.4, -0.2) is 49.5 Å². The summed E-state index contributed by atoms with van der Waals surface area (Å²) in [7, 11) is 6.13. The van der Waals surface area contributed by atoms with Crippen LogP contribution in [0.3, 0.4) is 0 Å². The highest BCUT2D eigenvalue weighted by molar-refractivity contribution is 6.42. The van der Waals surface area contributed by atoms with Crippen molar-refractivity contribution in [3.05, 3.63) is 33.8 Å². The number of likely N-dealkylation sites (tertiary alicyclic amines) is 1. The fraction of sp³-hybridized carbons (Fsp3) is 0.667. The van der Waals surface area contributed by atoms with Crippen LogP contribution in [0.4, 0.5) is 0 Å². The van der Waals surface area contributed by atoms with Crippen LogP contribution in [0.2, 0.25) is 15.4 Å². The van der Waals surface area contributed by atoms with Crippen LogP contribution >= 0.6 is 23.2 Å². The first kappa shape index (κ1) is 23.5. The molecule has 1 saturated heterocycles. The predicted octanol–water partition coefficient (Wildman–Crippen LogP) is 4.93. The summed E-state index contributed by atoms with van der Waals surface area (Å²) in [5.41, 5.74) is 1.14. The van der Waals surface area contributed by atoms with Gasteiger partial charge in [0.1, 0.15) is 0 Å². The average molecular weight is 425 g/mol. The number of benzene rings is 1. The van der Waals surface area contributed by atoms with Gasteiger partial charge in [-0.3, -0.25) is 4.79 Å². The zero-order valence-electron chi connectivity index (χ0n) is 16.7. The number of piperidine rings is 1. The summed E-state index contributed by atoms with van der Waals surface area (Å²) in [6.07, 6.45) is 5.92. The minimum Gasteiger partial charge on any atom is -0.481 e. The van der Waals surface area contributed by atoms with Crippen molar-refractivity contribution in [2.75, 3.05) is 19.6 Å². The molecule has 28 heavy (non-hydrogen) atoms. The molecule has 1 fully saturated rings. The molecule has 1 aliphatic heterocycles. The fourth-order valence-corrected chi connectivity index (χ4v) is 4.04. The first-order valence-corrected chi connectivity index (χ1v) is 11.0. The molecule has 1 heterocycles. The Hall–Kier alpha value is -0.745. The van der Waals surface area contributed by atoms with E-state index < -0.39 is 11.3 Å². The lowest BCUT2D eigenvalue weighted by Crippen LogP contribution is -2.42. The van der Waals surface area contributed by atoms with Crippen molar-refractivity contribution < 1.29 is 9.90 Å². The van der Waals surface area contributed by atoms with Crippen LogP contribution in [0.5, 0.6) is 0 Å². The highest BCUT2D eigenvalue weighted by Gasteiger charge is 2.31. The van der Waals surface area contributed by atoms with Gasteiger partial charge in [-0.15, -0.1) is 0 Å². The maximum Gasteiger partial charge on any atom is 0.300 e. The van der Waals surface area contributed by atoms with E-state index in [9.17, 15) is 9.90 Å². The van der Waals surface area contributed by atoms with Crippen LogP contribution in [0.25, 0.3) is 0 Å². The lowest BCUT2D eigenvalue weighted by atomic mass is 9.63. The largest absolute Gasteiger partial charge is 0.481 e. The van der Waals surface area contributed by atoms with Gasteiger partial charge in [0.05, 0.1) is 17.9 Å². The summed E-state index contributed by atoms with van der Waals surface area (Å²) in [5.74, 6) is -0.869. The van der Waals surface area contributed by atoms with E-state index in [1.165, 1.54) is 0 Å². The highest BCUT2D eigenvalue weighted by Crippen LogP contribution is 2.35. The lowest BCUT2D eigenvalue weighted by molar-refractivity contribution is -0.141. The maximum atomic E-state index is 11.5. The smallest absolute Gasteiger partial charge is 0.300 e. The summed E-state index contributed by atoms with van der Waals surface area (Å²) in [4.78, 5) is 13.9. The first-order valence-electron chi connectivity index (χ1n) is 10.3. The average Bonchev–Trinajstić information content (AvgIpc) is 2.68. The number of aliphatic carboxylic acids is 1. The molecule has 1 atom stereocenters. The van der Waals surface area contributed by atoms with Crippen molar-refractivity contribution in [1.29, 1.82) is 0 Å². The van der Waals surface area contributed by atoms with E-state index in [4.69, 9.17) is 31.0 Å². The zero-order chi connectivity index (χ0) is 20.6. The Morgan fingerprint density at radius 1 is 1.25 bits per heavy atom. The van der Waals surface area contributed by atoms with Gasteiger partial charge < -0.3 is 15.3 Å². The molecule has 0 aromatic heterocycles. The molecule has 0 aliphatic carbocycles. The zero-order valence-corrected chi connectivity index (χ0v) is 18.2. The molecule has 1 aliphatic rings. The van der Waals surface area contributed by atoms with Crippen LogP contribution in [0.15, 0.2) is 18.2 Å². The molecule has 154 valence electrons. The number of unbranched alkanes of at least 4 members (excludes halogenated alkanes) is 1. The number of carbonyl (C=O) groups is 1. The van der Waals surface area contributed by atoms with Crippen LogP contribution < -0.4 is 5.32 Å². The molecule has 4 nitrogen and oxygen atoms in total. The van der Waals surface area contributed by atoms with Crippen molar-refractivity contribution in [2.24, 2.45) is 0 Å². The summed E-state index contributed by atoms with van der Waals surface area (Å²) < 4.78 is 0. The Bertz CT molecular complexity index is 639. The molecule has 2 N–H and O–H groups in total. The minimum absolute atomic E-state index is 0.489. The number of hydrogen-bond donors (Lipinski definition) is 2. The monoisotopic (exact) mass is 424 g/mol. The Morgan fingerprint density at radius 2 is 1.93 bits per heavy atom. The van der Waals surface area contributed by atoms with E-state index in [0.29, 0.717) is 28.9 Å². The summed E-state index contributed by atoms with van der Waals surface area (Å²) in [5, 5.41) is 13.1. The highest BCUT2D eigenvalue weighted by atomic mass is 35.5. The maximum absolute atomic E-state index is 11.5. The molecule has 0 amide bonds. The van der Waals surface area contributed by atoms with E-state index in [1.54, 1.807) is 0 Å². The molecule has 2 rings (SSSR count). The van der Waals surface area contributed by atoms with Crippen molar-refractivity contribution in [1.82, 2.24) is 10.2 Å². The summed E-state index contributed by atoms with van der Waals surface area (Å²) >= 11 is 12.0. The van der Waals surface area contributed by atoms with Gasteiger partial charge in [-0.05, 0) is 69.4 Å². The van der Waals surface area contributed by atoms with Gasteiger partial charge in [-0.25, -0.2) is 0 Å². The second-order valence-electron chi connectivity index (χ2n) is 7.91. The minimum atomic E-state index is -1.07. The molecule has 1 aromatic rings. The number of carboxylic acids is 1. The van der Waals surface area contributed by atoms with E-state index in [2.05, 4.69) is 17.1 Å². The quantitative estimate of drug-likeness (QED) is 0.494. The number of nitrogens with one attached hydrogen (secondary N) is 1.